The zero-order valence-corrected chi connectivity index (χ0v) is 23.5. The van der Waals surface area contributed by atoms with E-state index in [0.717, 1.165) is 27.2 Å². The lowest BCUT2D eigenvalue weighted by Gasteiger charge is -2.22. The number of cyclic esters (lactones) is 1. The zero-order chi connectivity index (χ0) is 29.2. The molecule has 0 unspecified atom stereocenters. The Hall–Kier alpha value is -3.79. The number of carbonyl (C=O) groups excluding carboxylic acids is 3. The van der Waals surface area contributed by atoms with Gasteiger partial charge in [0.15, 0.2) is 5.76 Å². The number of imide groups is 1. The first-order chi connectivity index (χ1) is 19.9. The van der Waals surface area contributed by atoms with Crippen molar-refractivity contribution >= 4 is 17.8 Å². The minimum atomic E-state index is -1.13. The van der Waals surface area contributed by atoms with Gasteiger partial charge < -0.3 is 23.7 Å². The first-order valence-corrected chi connectivity index (χ1v) is 13.9. The quantitative estimate of drug-likeness (QED) is 0.162. The molecule has 0 spiro atoms. The molecule has 2 amide bonds. The molecule has 1 fully saturated rings. The normalized spacial score (nSPS) is 15.6. The molecular formula is C32H37NO8. The van der Waals surface area contributed by atoms with Crippen LogP contribution in [0.4, 0.5) is 4.79 Å². The maximum atomic E-state index is 13.5. The molecule has 1 saturated heterocycles. The van der Waals surface area contributed by atoms with Crippen molar-refractivity contribution < 1.29 is 38.1 Å². The Kier molecular flexibility index (Phi) is 10.8. The van der Waals surface area contributed by atoms with E-state index < -0.39 is 29.7 Å². The molecule has 0 aliphatic carbocycles. The number of amides is 2. The molecule has 2 atom stereocenters. The smallest absolute Gasteiger partial charge is 0.417 e. The highest BCUT2D eigenvalue weighted by Gasteiger charge is 2.42. The minimum Gasteiger partial charge on any atom is -0.457 e. The molecular weight excluding hydrogens is 526 g/mol. The number of aliphatic hydroxyl groups excluding tert-OH is 1. The van der Waals surface area contributed by atoms with Gasteiger partial charge in [-0.15, -0.1) is 0 Å². The van der Waals surface area contributed by atoms with Gasteiger partial charge in [0, 0.05) is 18.6 Å². The summed E-state index contributed by atoms with van der Waals surface area (Å²) >= 11 is 0. The molecule has 0 radical (unpaired) electrons. The first kappa shape index (κ1) is 30.2. The highest BCUT2D eigenvalue weighted by atomic mass is 16.6. The van der Waals surface area contributed by atoms with Crippen molar-refractivity contribution in [2.75, 3.05) is 39.6 Å². The number of aliphatic hydroxyl groups is 1. The Bertz CT molecular complexity index is 1320. The molecule has 0 saturated carbocycles. The number of aryl methyl sites for hydroxylation is 2. The van der Waals surface area contributed by atoms with Crippen LogP contribution in [0.25, 0.3) is 11.1 Å². The Morgan fingerprint density at radius 2 is 1.78 bits per heavy atom. The fourth-order valence-electron chi connectivity index (χ4n) is 4.82. The summed E-state index contributed by atoms with van der Waals surface area (Å²) < 4.78 is 22.1. The van der Waals surface area contributed by atoms with Gasteiger partial charge in [0.1, 0.15) is 18.3 Å². The zero-order valence-electron chi connectivity index (χ0n) is 23.5. The molecule has 1 N–H and O–H groups in total. The Balaban J connectivity index is 1.47. The van der Waals surface area contributed by atoms with Gasteiger partial charge in [-0.25, -0.2) is 9.69 Å². The summed E-state index contributed by atoms with van der Waals surface area (Å²) in [6.45, 7) is 5.10. The molecule has 1 aromatic heterocycles. The fraction of sp³-hybridized carbons (Fsp3) is 0.406. The number of Topliss-reactive ketones (excluding diaryl/α,β-unsaturated/α-hetero) is 1. The van der Waals surface area contributed by atoms with Gasteiger partial charge in [-0.3, -0.25) is 9.59 Å². The molecule has 2 aromatic carbocycles. The van der Waals surface area contributed by atoms with Crippen LogP contribution in [0.15, 0.2) is 65.1 Å². The molecule has 0 bridgehead atoms. The summed E-state index contributed by atoms with van der Waals surface area (Å²) in [5, 5.41) is 8.77. The van der Waals surface area contributed by atoms with E-state index in [1.165, 1.54) is 6.92 Å². The summed E-state index contributed by atoms with van der Waals surface area (Å²) in [7, 11) is 0. The van der Waals surface area contributed by atoms with Gasteiger partial charge in [-0.1, -0.05) is 60.2 Å². The summed E-state index contributed by atoms with van der Waals surface area (Å²) in [5.41, 5.74) is 3.72. The van der Waals surface area contributed by atoms with Crippen LogP contribution in [0.3, 0.4) is 0 Å². The Labute approximate surface area is 240 Å². The van der Waals surface area contributed by atoms with Crippen molar-refractivity contribution in [1.82, 2.24) is 4.90 Å². The van der Waals surface area contributed by atoms with E-state index in [2.05, 4.69) is 0 Å². The number of hydrogen-bond donors (Lipinski definition) is 1. The lowest BCUT2D eigenvalue weighted by molar-refractivity contribution is -0.131. The van der Waals surface area contributed by atoms with Gasteiger partial charge in [-0.05, 0) is 43.9 Å². The largest absolute Gasteiger partial charge is 0.457 e. The Morgan fingerprint density at radius 3 is 2.51 bits per heavy atom. The monoisotopic (exact) mass is 563 g/mol. The average Bonchev–Trinajstić information content (AvgIpc) is 3.57. The minimum absolute atomic E-state index is 0.0259. The fourth-order valence-corrected chi connectivity index (χ4v) is 4.82. The highest BCUT2D eigenvalue weighted by Crippen LogP contribution is 2.31. The maximum Gasteiger partial charge on any atom is 0.417 e. The highest BCUT2D eigenvalue weighted by molar-refractivity contribution is 6.12. The lowest BCUT2D eigenvalue weighted by Crippen LogP contribution is -2.44. The molecule has 4 rings (SSSR count). The van der Waals surface area contributed by atoms with Gasteiger partial charge in [0.05, 0.1) is 32.5 Å². The van der Waals surface area contributed by atoms with Crippen molar-refractivity contribution in [1.29, 1.82) is 0 Å². The third kappa shape index (κ3) is 7.91. The van der Waals surface area contributed by atoms with Gasteiger partial charge in [0.2, 0.25) is 11.7 Å². The molecule has 1 aliphatic heterocycles. The molecule has 218 valence electrons. The van der Waals surface area contributed by atoms with E-state index in [4.69, 9.17) is 23.7 Å². The van der Waals surface area contributed by atoms with Crippen LogP contribution in [-0.2, 0) is 31.8 Å². The SMILES string of the molecule is Cc1cccc(-c2cc(C(=O)[C@@H](C)C(=O)N3C(=O)OC[C@H]3Cc3ccccc3)oc2CCCOCCOCCO)c1. The van der Waals surface area contributed by atoms with E-state index >= 15 is 0 Å². The van der Waals surface area contributed by atoms with Crippen molar-refractivity contribution in [3.8, 4) is 11.1 Å². The average molecular weight is 564 g/mol. The van der Waals surface area contributed by atoms with E-state index in [0.29, 0.717) is 44.8 Å². The summed E-state index contributed by atoms with van der Waals surface area (Å²) in [5.74, 6) is -1.54. The van der Waals surface area contributed by atoms with Crippen LogP contribution < -0.4 is 0 Å². The van der Waals surface area contributed by atoms with Crippen LogP contribution in [0.5, 0.6) is 0 Å². The van der Waals surface area contributed by atoms with E-state index in [-0.39, 0.29) is 25.6 Å². The predicted octanol–water partition coefficient (Wildman–Crippen LogP) is 4.62. The Morgan fingerprint density at radius 1 is 1.02 bits per heavy atom. The maximum absolute atomic E-state index is 13.5. The van der Waals surface area contributed by atoms with Crippen LogP contribution in [0, 0.1) is 12.8 Å². The van der Waals surface area contributed by atoms with Crippen LogP contribution in [-0.4, -0.2) is 73.5 Å². The van der Waals surface area contributed by atoms with Crippen LogP contribution >= 0.6 is 0 Å². The van der Waals surface area contributed by atoms with E-state index in [1.807, 2.05) is 61.5 Å². The summed E-state index contributed by atoms with van der Waals surface area (Å²) in [4.78, 5) is 40.6. The standard InChI is InChI=1S/C32H37NO8/c1-22-8-6-11-25(18-22)27-20-29(41-28(27)12-7-14-38-16-17-39-15-13-34)30(35)23(2)31(36)33-26(21-40-32(33)37)19-24-9-4-3-5-10-24/h3-6,8-11,18,20,23,26,34H,7,12-17,19,21H2,1-2H3/t23-,26-/m1/s1. The second kappa shape index (κ2) is 14.7. The molecule has 9 nitrogen and oxygen atoms in total. The van der Waals surface area contributed by atoms with E-state index in [1.54, 1.807) is 6.07 Å². The molecule has 1 aliphatic rings. The number of ether oxygens (including phenoxy) is 3. The number of carbonyl (C=O) groups is 3. The third-order valence-electron chi connectivity index (χ3n) is 6.96. The molecule has 3 aromatic rings. The molecule has 41 heavy (non-hydrogen) atoms. The first-order valence-electron chi connectivity index (χ1n) is 13.9. The third-order valence-corrected chi connectivity index (χ3v) is 6.96. The number of hydrogen-bond acceptors (Lipinski definition) is 8. The van der Waals surface area contributed by atoms with Gasteiger partial charge in [0.25, 0.3) is 0 Å². The number of benzene rings is 2. The van der Waals surface area contributed by atoms with Crippen molar-refractivity contribution in [2.24, 2.45) is 5.92 Å². The second-order valence-electron chi connectivity index (χ2n) is 10.1. The van der Waals surface area contributed by atoms with Crippen molar-refractivity contribution in [3.05, 3.63) is 83.3 Å². The molecule has 2 heterocycles. The number of nitrogens with zero attached hydrogens (tertiary/aromatic N) is 1. The second-order valence-corrected chi connectivity index (χ2v) is 10.1. The van der Waals surface area contributed by atoms with Crippen LogP contribution in [0.2, 0.25) is 0 Å². The summed E-state index contributed by atoms with van der Waals surface area (Å²) in [6, 6.07) is 18.6. The number of ketones is 1. The van der Waals surface area contributed by atoms with Crippen molar-refractivity contribution in [2.45, 2.75) is 39.2 Å². The van der Waals surface area contributed by atoms with Gasteiger partial charge >= 0.3 is 6.09 Å². The van der Waals surface area contributed by atoms with Crippen LogP contribution in [0.1, 0.15) is 40.8 Å². The van der Waals surface area contributed by atoms with Gasteiger partial charge in [-0.2, -0.15) is 0 Å². The number of furan rings is 1. The topological polar surface area (TPSA) is 116 Å². The van der Waals surface area contributed by atoms with Crippen molar-refractivity contribution in [3.63, 3.8) is 0 Å². The molecule has 9 heteroatoms. The number of rotatable bonds is 15. The van der Waals surface area contributed by atoms with E-state index in [9.17, 15) is 14.4 Å². The summed E-state index contributed by atoms with van der Waals surface area (Å²) in [6.07, 6.45) is 0.874. The predicted molar refractivity (Wildman–Crippen MR) is 152 cm³/mol. The lowest BCUT2D eigenvalue weighted by atomic mass is 9.98.